The maximum Gasteiger partial charge on any atom is 0.238 e. The van der Waals surface area contributed by atoms with Gasteiger partial charge in [0.15, 0.2) is 0 Å². The molecule has 25 heavy (non-hydrogen) atoms. The SMILES string of the molecule is CCCN(CC(=O)Nc1ccc(NC(C)=O)cc1)Cc1ccccc1. The third-order valence-electron chi connectivity index (χ3n) is 3.65. The summed E-state index contributed by atoms with van der Waals surface area (Å²) < 4.78 is 0. The fourth-order valence-electron chi connectivity index (χ4n) is 2.62. The summed E-state index contributed by atoms with van der Waals surface area (Å²) in [6.07, 6.45) is 0.992. The number of anilines is 2. The second-order valence-electron chi connectivity index (χ2n) is 6.00. The van der Waals surface area contributed by atoms with Crippen molar-refractivity contribution in [3.63, 3.8) is 0 Å². The van der Waals surface area contributed by atoms with Gasteiger partial charge in [0.1, 0.15) is 0 Å². The van der Waals surface area contributed by atoms with Crippen LogP contribution in [0.3, 0.4) is 0 Å². The van der Waals surface area contributed by atoms with E-state index >= 15 is 0 Å². The highest BCUT2D eigenvalue weighted by atomic mass is 16.2. The lowest BCUT2D eigenvalue weighted by atomic mass is 10.2. The van der Waals surface area contributed by atoms with E-state index in [-0.39, 0.29) is 11.8 Å². The molecule has 0 spiro atoms. The van der Waals surface area contributed by atoms with Crippen LogP contribution in [0.15, 0.2) is 54.6 Å². The van der Waals surface area contributed by atoms with Crippen LogP contribution in [-0.2, 0) is 16.1 Å². The predicted octanol–water partition coefficient (Wildman–Crippen LogP) is 3.50. The number of carbonyl (C=O) groups excluding carboxylic acids is 2. The summed E-state index contributed by atoms with van der Waals surface area (Å²) in [6, 6.07) is 17.3. The number of amides is 2. The molecular weight excluding hydrogens is 314 g/mol. The van der Waals surface area contributed by atoms with Crippen LogP contribution >= 0.6 is 0 Å². The highest BCUT2D eigenvalue weighted by Gasteiger charge is 2.11. The van der Waals surface area contributed by atoms with Gasteiger partial charge in [0.2, 0.25) is 11.8 Å². The molecule has 2 amide bonds. The van der Waals surface area contributed by atoms with E-state index in [4.69, 9.17) is 0 Å². The summed E-state index contributed by atoms with van der Waals surface area (Å²) in [5.74, 6) is -0.162. The first kappa shape index (κ1) is 18.7. The number of hydrogen-bond acceptors (Lipinski definition) is 3. The van der Waals surface area contributed by atoms with Gasteiger partial charge in [0.25, 0.3) is 0 Å². The normalized spacial score (nSPS) is 10.5. The molecule has 0 fully saturated rings. The minimum absolute atomic E-state index is 0.0448. The maximum absolute atomic E-state index is 12.3. The van der Waals surface area contributed by atoms with Crippen LogP contribution in [0.2, 0.25) is 0 Å². The molecule has 0 aliphatic heterocycles. The first-order chi connectivity index (χ1) is 12.1. The monoisotopic (exact) mass is 339 g/mol. The number of carbonyl (C=O) groups is 2. The van der Waals surface area contributed by atoms with Crippen LogP contribution in [-0.4, -0.2) is 29.8 Å². The number of nitrogens with zero attached hydrogens (tertiary/aromatic N) is 1. The Kier molecular flexibility index (Phi) is 7.16. The molecule has 5 heteroatoms. The molecule has 0 radical (unpaired) electrons. The molecule has 0 unspecified atom stereocenters. The third kappa shape index (κ3) is 6.77. The molecule has 0 saturated heterocycles. The second-order valence-corrected chi connectivity index (χ2v) is 6.00. The number of benzene rings is 2. The van der Waals surface area contributed by atoms with Crippen LogP contribution in [0.5, 0.6) is 0 Å². The van der Waals surface area contributed by atoms with Gasteiger partial charge in [-0.2, -0.15) is 0 Å². The van der Waals surface area contributed by atoms with Gasteiger partial charge in [-0.1, -0.05) is 37.3 Å². The first-order valence-corrected chi connectivity index (χ1v) is 8.50. The molecule has 0 aromatic heterocycles. The van der Waals surface area contributed by atoms with E-state index in [0.29, 0.717) is 12.2 Å². The third-order valence-corrected chi connectivity index (χ3v) is 3.65. The standard InChI is InChI=1S/C20H25N3O2/c1-3-13-23(14-17-7-5-4-6-8-17)15-20(25)22-19-11-9-18(10-12-19)21-16(2)24/h4-12H,3,13-15H2,1-2H3,(H,21,24)(H,22,25). The second kappa shape index (κ2) is 9.59. The van der Waals surface area contributed by atoms with Crippen LogP contribution < -0.4 is 10.6 Å². The lowest BCUT2D eigenvalue weighted by molar-refractivity contribution is -0.117. The van der Waals surface area contributed by atoms with E-state index in [9.17, 15) is 9.59 Å². The zero-order valence-electron chi connectivity index (χ0n) is 14.8. The topological polar surface area (TPSA) is 61.4 Å². The van der Waals surface area contributed by atoms with Gasteiger partial charge in [-0.3, -0.25) is 14.5 Å². The molecule has 2 rings (SSSR count). The Labute approximate surface area is 149 Å². The van der Waals surface area contributed by atoms with Gasteiger partial charge < -0.3 is 10.6 Å². The van der Waals surface area contributed by atoms with Crippen molar-refractivity contribution in [1.29, 1.82) is 0 Å². The Balaban J connectivity index is 1.90. The molecule has 2 aromatic rings. The summed E-state index contributed by atoms with van der Waals surface area (Å²) in [7, 11) is 0. The Morgan fingerprint density at radius 3 is 2.08 bits per heavy atom. The smallest absolute Gasteiger partial charge is 0.238 e. The molecule has 2 N–H and O–H groups in total. The molecule has 5 nitrogen and oxygen atoms in total. The zero-order valence-corrected chi connectivity index (χ0v) is 14.8. The Hall–Kier alpha value is -2.66. The molecule has 2 aromatic carbocycles. The van der Waals surface area contributed by atoms with Crippen molar-refractivity contribution in [1.82, 2.24) is 4.90 Å². The summed E-state index contributed by atoms with van der Waals surface area (Å²) in [4.78, 5) is 25.5. The molecule has 0 saturated carbocycles. The molecule has 0 atom stereocenters. The largest absolute Gasteiger partial charge is 0.326 e. The average Bonchev–Trinajstić information content (AvgIpc) is 2.57. The molecule has 132 valence electrons. The lowest BCUT2D eigenvalue weighted by Crippen LogP contribution is -2.33. The van der Waals surface area contributed by atoms with E-state index in [2.05, 4.69) is 34.6 Å². The van der Waals surface area contributed by atoms with Crippen LogP contribution in [0.1, 0.15) is 25.8 Å². The van der Waals surface area contributed by atoms with Gasteiger partial charge in [-0.05, 0) is 42.8 Å². The van der Waals surface area contributed by atoms with Crippen LogP contribution in [0, 0.1) is 0 Å². The van der Waals surface area contributed by atoms with Crippen molar-refractivity contribution in [2.24, 2.45) is 0 Å². The van der Waals surface area contributed by atoms with E-state index in [0.717, 1.165) is 25.2 Å². The summed E-state index contributed by atoms with van der Waals surface area (Å²) in [5, 5.41) is 5.61. The highest BCUT2D eigenvalue weighted by molar-refractivity contribution is 5.93. The van der Waals surface area contributed by atoms with Gasteiger partial charge >= 0.3 is 0 Å². The van der Waals surface area contributed by atoms with Crippen LogP contribution in [0.4, 0.5) is 11.4 Å². The van der Waals surface area contributed by atoms with Crippen molar-refractivity contribution in [2.45, 2.75) is 26.8 Å². The fraction of sp³-hybridized carbons (Fsp3) is 0.300. The quantitative estimate of drug-likeness (QED) is 0.774. The van der Waals surface area contributed by atoms with E-state index in [1.807, 2.05) is 18.2 Å². The van der Waals surface area contributed by atoms with Crippen molar-refractivity contribution in [2.75, 3.05) is 23.7 Å². The minimum atomic E-state index is -0.118. The van der Waals surface area contributed by atoms with Crippen LogP contribution in [0.25, 0.3) is 0 Å². The van der Waals surface area contributed by atoms with Gasteiger partial charge in [-0.25, -0.2) is 0 Å². The number of nitrogens with one attached hydrogen (secondary N) is 2. The molecule has 0 heterocycles. The Bertz CT molecular complexity index is 684. The van der Waals surface area contributed by atoms with E-state index < -0.39 is 0 Å². The molecule has 0 aliphatic rings. The maximum atomic E-state index is 12.3. The lowest BCUT2D eigenvalue weighted by Gasteiger charge is -2.21. The minimum Gasteiger partial charge on any atom is -0.326 e. The average molecular weight is 339 g/mol. The molecule has 0 bridgehead atoms. The number of rotatable bonds is 8. The van der Waals surface area contributed by atoms with E-state index in [1.54, 1.807) is 24.3 Å². The fourth-order valence-corrected chi connectivity index (χ4v) is 2.62. The van der Waals surface area contributed by atoms with Gasteiger partial charge in [-0.15, -0.1) is 0 Å². The van der Waals surface area contributed by atoms with Crippen molar-refractivity contribution < 1.29 is 9.59 Å². The summed E-state index contributed by atoms with van der Waals surface area (Å²) >= 11 is 0. The number of hydrogen-bond donors (Lipinski definition) is 2. The zero-order chi connectivity index (χ0) is 18.1. The van der Waals surface area contributed by atoms with E-state index in [1.165, 1.54) is 12.5 Å². The molecular formula is C20H25N3O2. The summed E-state index contributed by atoms with van der Waals surface area (Å²) in [5.41, 5.74) is 2.63. The van der Waals surface area contributed by atoms with Crippen molar-refractivity contribution in [3.8, 4) is 0 Å². The molecule has 0 aliphatic carbocycles. The van der Waals surface area contributed by atoms with Gasteiger partial charge in [0, 0.05) is 24.8 Å². The van der Waals surface area contributed by atoms with Crippen molar-refractivity contribution >= 4 is 23.2 Å². The van der Waals surface area contributed by atoms with Crippen molar-refractivity contribution in [3.05, 3.63) is 60.2 Å². The van der Waals surface area contributed by atoms with Gasteiger partial charge in [0.05, 0.1) is 6.54 Å². The first-order valence-electron chi connectivity index (χ1n) is 8.50. The Morgan fingerprint density at radius 1 is 0.920 bits per heavy atom. The predicted molar refractivity (Wildman–Crippen MR) is 101 cm³/mol. The Morgan fingerprint density at radius 2 is 1.52 bits per heavy atom. The summed E-state index contributed by atoms with van der Waals surface area (Å²) in [6.45, 7) is 5.53. The highest BCUT2D eigenvalue weighted by Crippen LogP contribution is 2.14.